The molecule has 126 valence electrons. The number of H-pyrrole nitrogens is 1. The predicted molar refractivity (Wildman–Crippen MR) is 108 cm³/mol. The number of nitrogens with one attached hydrogen (secondary N) is 1. The van der Waals surface area contributed by atoms with Crippen LogP contribution in [-0.2, 0) is 0 Å². The number of benzene rings is 3. The van der Waals surface area contributed by atoms with Gasteiger partial charge in [0.05, 0.1) is 27.4 Å². The van der Waals surface area contributed by atoms with E-state index in [0.29, 0.717) is 5.02 Å². The Bertz CT molecular complexity index is 1250. The van der Waals surface area contributed by atoms with Gasteiger partial charge >= 0.3 is 0 Å². The lowest BCUT2D eigenvalue weighted by Crippen LogP contribution is -1.94. The fourth-order valence-corrected chi connectivity index (χ4v) is 3.90. The maximum absolute atomic E-state index is 6.81. The molecule has 0 saturated carbocycles. The highest BCUT2D eigenvalue weighted by Crippen LogP contribution is 2.39. The zero-order chi connectivity index (χ0) is 17.7. The van der Waals surface area contributed by atoms with Crippen molar-refractivity contribution in [2.45, 2.75) is 6.92 Å². The molecule has 5 rings (SSSR count). The summed E-state index contributed by atoms with van der Waals surface area (Å²) < 4.78 is 2.06. The van der Waals surface area contributed by atoms with Crippen LogP contribution in [0.5, 0.6) is 0 Å². The average Bonchev–Trinajstić information content (AvgIpc) is 3.24. The van der Waals surface area contributed by atoms with Crippen molar-refractivity contribution in [2.75, 3.05) is 0 Å². The van der Waals surface area contributed by atoms with Gasteiger partial charge in [0.1, 0.15) is 0 Å². The number of fused-ring (bicyclic) bond motifs is 3. The zero-order valence-electron chi connectivity index (χ0n) is 14.2. The summed E-state index contributed by atoms with van der Waals surface area (Å²) in [6.45, 7) is 2.08. The summed E-state index contributed by atoms with van der Waals surface area (Å²) in [7, 11) is 0. The quantitative estimate of drug-likeness (QED) is 0.404. The van der Waals surface area contributed by atoms with Gasteiger partial charge in [0.2, 0.25) is 0 Å². The molecule has 3 aromatic carbocycles. The largest absolute Gasteiger partial charge is 0.300 e. The number of rotatable bonds is 2. The summed E-state index contributed by atoms with van der Waals surface area (Å²) in [4.78, 5) is 4.82. The summed E-state index contributed by atoms with van der Waals surface area (Å²) in [5, 5.41) is 6.11. The van der Waals surface area contributed by atoms with Gasteiger partial charge in [0, 0.05) is 22.5 Å². The zero-order valence-corrected chi connectivity index (χ0v) is 15.0. The van der Waals surface area contributed by atoms with Crippen LogP contribution < -0.4 is 0 Å². The number of hydrogen-bond donors (Lipinski definition) is 1. The predicted octanol–water partition coefficient (Wildman–Crippen LogP) is 6.14. The van der Waals surface area contributed by atoms with E-state index in [1.807, 2.05) is 42.6 Å². The van der Waals surface area contributed by atoms with Gasteiger partial charge in [0.25, 0.3) is 0 Å². The Labute approximate surface area is 155 Å². The molecule has 0 atom stereocenters. The van der Waals surface area contributed by atoms with Gasteiger partial charge in [-0.2, -0.15) is 0 Å². The van der Waals surface area contributed by atoms with Crippen LogP contribution in [0.2, 0.25) is 5.02 Å². The van der Waals surface area contributed by atoms with Crippen LogP contribution in [0.15, 0.2) is 72.9 Å². The second-order valence-electron chi connectivity index (χ2n) is 6.43. The van der Waals surface area contributed by atoms with E-state index < -0.39 is 0 Å². The number of hydrogen-bond acceptors (Lipinski definition) is 1. The third-order valence-corrected chi connectivity index (χ3v) is 5.22. The molecule has 2 heterocycles. The van der Waals surface area contributed by atoms with Gasteiger partial charge in [0.15, 0.2) is 0 Å². The van der Waals surface area contributed by atoms with E-state index in [0.717, 1.165) is 38.8 Å². The molecule has 0 amide bonds. The summed E-state index contributed by atoms with van der Waals surface area (Å²) in [5.41, 5.74) is 6.17. The van der Waals surface area contributed by atoms with E-state index in [-0.39, 0.29) is 0 Å². The van der Waals surface area contributed by atoms with Crippen LogP contribution in [0.3, 0.4) is 0 Å². The van der Waals surface area contributed by atoms with Crippen molar-refractivity contribution in [3.8, 4) is 16.9 Å². The first-order chi connectivity index (χ1) is 12.7. The van der Waals surface area contributed by atoms with Crippen molar-refractivity contribution in [1.29, 1.82) is 0 Å². The molecule has 1 N–H and O–H groups in total. The van der Waals surface area contributed by atoms with Gasteiger partial charge in [-0.05, 0) is 36.8 Å². The third-order valence-electron chi connectivity index (χ3n) is 4.85. The van der Waals surface area contributed by atoms with Crippen molar-refractivity contribution in [3.05, 3.63) is 83.5 Å². The minimum Gasteiger partial charge on any atom is -0.300 e. The Morgan fingerprint density at radius 3 is 2.50 bits per heavy atom. The van der Waals surface area contributed by atoms with Crippen molar-refractivity contribution >= 4 is 33.4 Å². The molecule has 0 aliphatic carbocycles. The lowest BCUT2D eigenvalue weighted by Gasteiger charge is -2.04. The Balaban J connectivity index is 1.80. The van der Waals surface area contributed by atoms with E-state index in [1.165, 1.54) is 5.56 Å². The smallest absolute Gasteiger partial charge is 0.0905 e. The first-order valence-corrected chi connectivity index (χ1v) is 8.91. The third kappa shape index (κ3) is 2.18. The number of nitrogens with zero attached hydrogens (tertiary/aromatic N) is 2. The molecule has 2 aromatic heterocycles. The van der Waals surface area contributed by atoms with Crippen LogP contribution in [0.4, 0.5) is 0 Å². The maximum atomic E-state index is 6.81. The van der Waals surface area contributed by atoms with Crippen molar-refractivity contribution in [2.24, 2.45) is 0 Å². The normalized spacial score (nSPS) is 11.5. The monoisotopic (exact) mass is 357 g/mol. The minimum atomic E-state index is 0.708. The second-order valence-corrected chi connectivity index (χ2v) is 6.80. The van der Waals surface area contributed by atoms with Crippen LogP contribution >= 0.6 is 11.6 Å². The molecule has 0 unspecified atom stereocenters. The minimum absolute atomic E-state index is 0.708. The second kappa shape index (κ2) is 5.75. The highest BCUT2D eigenvalue weighted by molar-refractivity contribution is 6.40. The fraction of sp³-hybridized carbons (Fsp3) is 0.0455. The van der Waals surface area contributed by atoms with E-state index in [1.54, 1.807) is 0 Å². The first kappa shape index (κ1) is 15.2. The SMILES string of the molecule is Cc1ccccc1-c1nc2ccc3c(c[nH]n3-c3ccccc3)c2c1Cl. The van der Waals surface area contributed by atoms with E-state index in [9.17, 15) is 0 Å². The molecule has 0 bridgehead atoms. The van der Waals surface area contributed by atoms with E-state index in [2.05, 4.69) is 47.0 Å². The Morgan fingerprint density at radius 1 is 0.923 bits per heavy atom. The molecule has 0 saturated heterocycles. The van der Waals surface area contributed by atoms with Crippen molar-refractivity contribution in [1.82, 2.24) is 14.8 Å². The number of para-hydroxylation sites is 1. The fourth-order valence-electron chi connectivity index (χ4n) is 3.56. The van der Waals surface area contributed by atoms with Crippen LogP contribution in [0.25, 0.3) is 38.8 Å². The molecule has 5 aromatic rings. The van der Waals surface area contributed by atoms with Crippen molar-refractivity contribution in [3.63, 3.8) is 0 Å². The van der Waals surface area contributed by atoms with E-state index >= 15 is 0 Å². The highest BCUT2D eigenvalue weighted by Gasteiger charge is 2.18. The van der Waals surface area contributed by atoms with Gasteiger partial charge < -0.3 is 5.10 Å². The molecule has 0 aliphatic heterocycles. The molecule has 0 radical (unpaired) electrons. The van der Waals surface area contributed by atoms with Crippen molar-refractivity contribution < 1.29 is 0 Å². The Hall–Kier alpha value is -3.04. The number of aromatic amines is 1. The Kier molecular flexibility index (Phi) is 3.37. The average molecular weight is 358 g/mol. The summed E-state index contributed by atoms with van der Waals surface area (Å²) in [6.07, 6.45) is 2.00. The number of aromatic nitrogens is 3. The van der Waals surface area contributed by atoms with Gasteiger partial charge in [-0.15, -0.1) is 0 Å². The van der Waals surface area contributed by atoms with Gasteiger partial charge in [-0.3, -0.25) is 4.68 Å². The maximum Gasteiger partial charge on any atom is 0.0905 e. The number of halogens is 1. The standard InChI is InChI=1S/C22H16ClN3/c1-14-7-5-6-10-16(14)22-21(23)20-17-13-24-26(15-8-3-2-4-9-15)19(17)12-11-18(20)25-22/h2-13,24H,1H3. The molecule has 0 spiro atoms. The summed E-state index contributed by atoms with van der Waals surface area (Å²) in [5.74, 6) is 0. The first-order valence-electron chi connectivity index (χ1n) is 8.53. The molecule has 0 fully saturated rings. The van der Waals surface area contributed by atoms with Crippen LogP contribution in [-0.4, -0.2) is 14.8 Å². The Morgan fingerprint density at radius 2 is 1.69 bits per heavy atom. The van der Waals surface area contributed by atoms with Crippen LogP contribution in [0, 0.1) is 6.92 Å². The number of aryl methyl sites for hydroxylation is 1. The highest BCUT2D eigenvalue weighted by atomic mass is 35.5. The molecule has 26 heavy (non-hydrogen) atoms. The lowest BCUT2D eigenvalue weighted by molar-refractivity contribution is 0.911. The van der Waals surface area contributed by atoms with Gasteiger partial charge in [-0.1, -0.05) is 54.1 Å². The van der Waals surface area contributed by atoms with Gasteiger partial charge in [-0.25, -0.2) is 4.98 Å². The molecular weight excluding hydrogens is 342 g/mol. The summed E-state index contributed by atoms with van der Waals surface area (Å²) >= 11 is 6.81. The van der Waals surface area contributed by atoms with E-state index in [4.69, 9.17) is 16.6 Å². The molecule has 3 nitrogen and oxygen atoms in total. The molecule has 4 heteroatoms. The molecular formula is C22H16ClN3. The molecule has 0 aliphatic rings. The summed E-state index contributed by atoms with van der Waals surface area (Å²) in [6, 6.07) is 22.6. The lowest BCUT2D eigenvalue weighted by atomic mass is 10.1. The topological polar surface area (TPSA) is 33.6 Å². The van der Waals surface area contributed by atoms with Crippen LogP contribution in [0.1, 0.15) is 5.56 Å².